The molecule has 0 aliphatic heterocycles. The third kappa shape index (κ3) is 5.04. The van der Waals surface area contributed by atoms with E-state index in [2.05, 4.69) is 19.4 Å². The molecule has 0 aliphatic rings. The molecule has 7 heteroatoms. The van der Waals surface area contributed by atoms with E-state index in [0.29, 0.717) is 6.42 Å². The van der Waals surface area contributed by atoms with Crippen LogP contribution in [0.1, 0.15) is 49.7 Å². The zero-order valence-electron chi connectivity index (χ0n) is 18.8. The Morgan fingerprint density at radius 1 is 1.10 bits per heavy atom. The smallest absolute Gasteiger partial charge is 0.159 e. The lowest BCUT2D eigenvalue weighted by atomic mass is 10.1. The maximum Gasteiger partial charge on any atom is 0.159 e. The van der Waals surface area contributed by atoms with Gasteiger partial charge in [-0.3, -0.25) is 19.7 Å². The first-order chi connectivity index (χ1) is 14.5. The molecule has 0 amide bonds. The normalized spacial score (nSPS) is 10.1. The van der Waals surface area contributed by atoms with E-state index in [1.165, 1.54) is 0 Å². The second-order valence-electron chi connectivity index (χ2n) is 6.23. The van der Waals surface area contributed by atoms with Gasteiger partial charge in [-0.2, -0.15) is 0 Å². The third-order valence-electron chi connectivity index (χ3n) is 4.29. The van der Waals surface area contributed by atoms with Crippen molar-refractivity contribution in [3.63, 3.8) is 0 Å². The molecule has 30 heavy (non-hydrogen) atoms. The number of benzene rings is 1. The molecule has 0 aliphatic carbocycles. The Bertz CT molecular complexity index is 1080. The highest BCUT2D eigenvalue weighted by molar-refractivity contribution is 7.15. The maximum atomic E-state index is 9.64. The van der Waals surface area contributed by atoms with Crippen molar-refractivity contribution in [2.75, 3.05) is 12.1 Å². The molecule has 3 heterocycles. The fourth-order valence-electron chi connectivity index (χ4n) is 3.10. The van der Waals surface area contributed by atoms with Crippen molar-refractivity contribution in [3.05, 3.63) is 64.8 Å². The van der Waals surface area contributed by atoms with Gasteiger partial charge < -0.3 is 0 Å². The summed E-state index contributed by atoms with van der Waals surface area (Å²) in [5, 5.41) is 11.8. The molecule has 0 unspecified atom stereocenters. The van der Waals surface area contributed by atoms with E-state index in [-0.39, 0.29) is 0 Å². The van der Waals surface area contributed by atoms with Gasteiger partial charge in [0, 0.05) is 25.9 Å². The standard InChI is InChI=1S/C19H19N5OS.2C2H6/c1-12-18(26-13(2)22-12)17-11-21-19-16(20-7-8-24(17)19)10-14-5-4-6-15(9-14)23(3)25;2*1-2/h4-9,11,25H,10H2,1-3H3;2*1-2H3. The van der Waals surface area contributed by atoms with Crippen molar-refractivity contribution < 1.29 is 5.21 Å². The minimum absolute atomic E-state index is 0.642. The van der Waals surface area contributed by atoms with Crippen molar-refractivity contribution in [1.29, 1.82) is 0 Å². The second kappa shape index (κ2) is 10.8. The number of imidazole rings is 1. The summed E-state index contributed by atoms with van der Waals surface area (Å²) < 4.78 is 2.07. The predicted molar refractivity (Wildman–Crippen MR) is 126 cm³/mol. The van der Waals surface area contributed by atoms with Crippen molar-refractivity contribution in [2.24, 2.45) is 0 Å². The predicted octanol–water partition coefficient (Wildman–Crippen LogP) is 5.94. The minimum atomic E-state index is 0.642. The van der Waals surface area contributed by atoms with Crippen LogP contribution in [-0.4, -0.2) is 31.6 Å². The molecule has 0 radical (unpaired) electrons. The van der Waals surface area contributed by atoms with Crippen LogP contribution in [0.4, 0.5) is 5.69 Å². The molecule has 160 valence electrons. The number of thiazole rings is 1. The summed E-state index contributed by atoms with van der Waals surface area (Å²) in [5.74, 6) is 0. The van der Waals surface area contributed by atoms with E-state index in [1.807, 2.05) is 78.2 Å². The molecular formula is C23H31N5OS. The summed E-state index contributed by atoms with van der Waals surface area (Å²) in [5.41, 5.74) is 5.61. The van der Waals surface area contributed by atoms with Crippen molar-refractivity contribution in [3.8, 4) is 10.6 Å². The van der Waals surface area contributed by atoms with Crippen LogP contribution in [0, 0.1) is 13.8 Å². The molecule has 4 rings (SSSR count). The Balaban J connectivity index is 0.000000757. The quantitative estimate of drug-likeness (QED) is 0.410. The highest BCUT2D eigenvalue weighted by Gasteiger charge is 2.15. The lowest BCUT2D eigenvalue weighted by Crippen LogP contribution is -2.10. The Morgan fingerprint density at radius 2 is 1.83 bits per heavy atom. The lowest BCUT2D eigenvalue weighted by molar-refractivity contribution is 0.279. The second-order valence-corrected chi connectivity index (χ2v) is 7.43. The van der Waals surface area contributed by atoms with Gasteiger partial charge in [0.15, 0.2) is 5.65 Å². The number of hydrogen-bond acceptors (Lipinski definition) is 6. The summed E-state index contributed by atoms with van der Waals surface area (Å²) in [7, 11) is 1.61. The van der Waals surface area contributed by atoms with E-state index in [4.69, 9.17) is 0 Å². The monoisotopic (exact) mass is 425 g/mol. The van der Waals surface area contributed by atoms with Gasteiger partial charge in [0.25, 0.3) is 0 Å². The van der Waals surface area contributed by atoms with E-state index < -0.39 is 0 Å². The molecule has 1 N–H and O–H groups in total. The molecule has 4 aromatic rings. The molecular weight excluding hydrogens is 394 g/mol. The number of nitrogens with zero attached hydrogens (tertiary/aromatic N) is 5. The van der Waals surface area contributed by atoms with Gasteiger partial charge in [-0.05, 0) is 31.5 Å². The van der Waals surface area contributed by atoms with Crippen LogP contribution in [0.3, 0.4) is 0 Å². The van der Waals surface area contributed by atoms with Gasteiger partial charge in [0.05, 0.1) is 38.9 Å². The van der Waals surface area contributed by atoms with E-state index in [1.54, 1.807) is 24.6 Å². The van der Waals surface area contributed by atoms with Gasteiger partial charge in [-0.15, -0.1) is 11.3 Å². The minimum Gasteiger partial charge on any atom is -0.296 e. The maximum absolute atomic E-state index is 9.64. The fourth-order valence-corrected chi connectivity index (χ4v) is 4.02. The number of hydroxylamine groups is 1. The van der Waals surface area contributed by atoms with Gasteiger partial charge in [-0.1, -0.05) is 39.8 Å². The number of hydrogen-bond donors (Lipinski definition) is 1. The zero-order valence-corrected chi connectivity index (χ0v) is 19.7. The summed E-state index contributed by atoms with van der Waals surface area (Å²) in [6.45, 7) is 12.0. The van der Waals surface area contributed by atoms with Crippen LogP contribution in [0.2, 0.25) is 0 Å². The summed E-state index contributed by atoms with van der Waals surface area (Å²) in [4.78, 5) is 14.8. The van der Waals surface area contributed by atoms with E-state index in [9.17, 15) is 5.21 Å². The third-order valence-corrected chi connectivity index (χ3v) is 5.39. The fraction of sp³-hybridized carbons (Fsp3) is 0.348. The zero-order chi connectivity index (χ0) is 22.3. The Labute approximate surface area is 182 Å². The van der Waals surface area contributed by atoms with Gasteiger partial charge in [-0.25, -0.2) is 9.97 Å². The lowest BCUT2D eigenvalue weighted by Gasteiger charge is -2.11. The summed E-state index contributed by atoms with van der Waals surface area (Å²) in [6, 6.07) is 7.77. The molecule has 0 fully saturated rings. The number of anilines is 1. The first-order valence-corrected chi connectivity index (χ1v) is 11.1. The van der Waals surface area contributed by atoms with Gasteiger partial charge >= 0.3 is 0 Å². The Kier molecular flexibility index (Phi) is 8.50. The topological polar surface area (TPSA) is 66.5 Å². The molecule has 6 nitrogen and oxygen atoms in total. The molecule has 0 bridgehead atoms. The van der Waals surface area contributed by atoms with Crippen LogP contribution in [0.15, 0.2) is 42.9 Å². The molecule has 1 aromatic carbocycles. The number of rotatable bonds is 4. The van der Waals surface area contributed by atoms with Crippen LogP contribution in [0.25, 0.3) is 16.2 Å². The van der Waals surface area contributed by atoms with Crippen LogP contribution in [0.5, 0.6) is 0 Å². The van der Waals surface area contributed by atoms with Crippen molar-refractivity contribution in [2.45, 2.75) is 48.0 Å². The SMILES string of the molecule is CC.CC.Cc1nc(C)c(-c2cnc3c(Cc4cccc(N(C)O)c4)nccn23)s1. The number of aromatic nitrogens is 4. The number of aryl methyl sites for hydroxylation is 2. The first kappa shape index (κ1) is 23.5. The van der Waals surface area contributed by atoms with Gasteiger partial charge in [0.2, 0.25) is 0 Å². The van der Waals surface area contributed by atoms with Crippen LogP contribution in [-0.2, 0) is 6.42 Å². The highest BCUT2D eigenvalue weighted by Crippen LogP contribution is 2.30. The number of fused-ring (bicyclic) bond motifs is 1. The molecule has 0 saturated carbocycles. The molecule has 0 atom stereocenters. The largest absolute Gasteiger partial charge is 0.296 e. The average molecular weight is 426 g/mol. The highest BCUT2D eigenvalue weighted by atomic mass is 32.1. The summed E-state index contributed by atoms with van der Waals surface area (Å²) >= 11 is 1.68. The molecule has 0 spiro atoms. The molecule has 0 saturated heterocycles. The van der Waals surface area contributed by atoms with Crippen LogP contribution < -0.4 is 5.06 Å². The van der Waals surface area contributed by atoms with Crippen molar-refractivity contribution >= 4 is 22.7 Å². The Morgan fingerprint density at radius 3 is 2.47 bits per heavy atom. The summed E-state index contributed by atoms with van der Waals surface area (Å²) in [6.07, 6.45) is 6.27. The average Bonchev–Trinajstić information content (AvgIpc) is 3.34. The Hall–Kier alpha value is -2.77. The van der Waals surface area contributed by atoms with E-state index >= 15 is 0 Å². The van der Waals surface area contributed by atoms with Crippen molar-refractivity contribution in [1.82, 2.24) is 19.4 Å². The first-order valence-electron chi connectivity index (χ1n) is 10.3. The van der Waals surface area contributed by atoms with E-state index in [0.717, 1.165) is 48.9 Å². The van der Waals surface area contributed by atoms with Crippen LogP contribution >= 0.6 is 11.3 Å². The molecule has 3 aromatic heterocycles. The van der Waals surface area contributed by atoms with Gasteiger partial charge in [0.1, 0.15) is 0 Å².